The van der Waals surface area contributed by atoms with Crippen molar-refractivity contribution in [1.82, 2.24) is 9.97 Å². The van der Waals surface area contributed by atoms with Crippen molar-refractivity contribution in [1.29, 1.82) is 0 Å². The maximum Gasteiger partial charge on any atom is 0.222 e. The standard InChI is InChI=1S/C12H18N4O/c1-7-10(16-13)14-11(8-5-6-8)15-12(7)17-9-3-2-4-9/h8-9H,2-6,13H2,1H3,(H,14,15,16). The summed E-state index contributed by atoms with van der Waals surface area (Å²) in [6, 6.07) is 0. The summed E-state index contributed by atoms with van der Waals surface area (Å²) in [5.74, 6) is 8.27. The summed E-state index contributed by atoms with van der Waals surface area (Å²) in [7, 11) is 0. The second kappa shape index (κ2) is 4.14. The van der Waals surface area contributed by atoms with E-state index in [4.69, 9.17) is 10.6 Å². The number of aromatic nitrogens is 2. The molecule has 1 aromatic rings. The Balaban J connectivity index is 1.89. The number of nitrogens with one attached hydrogen (secondary N) is 1. The topological polar surface area (TPSA) is 73.1 Å². The summed E-state index contributed by atoms with van der Waals surface area (Å²) < 4.78 is 5.90. The van der Waals surface area contributed by atoms with Crippen LogP contribution in [0.15, 0.2) is 0 Å². The fraction of sp³-hybridized carbons (Fsp3) is 0.667. The Bertz CT molecular complexity index is 427. The molecule has 5 nitrogen and oxygen atoms in total. The lowest BCUT2D eigenvalue weighted by atomic mass is 9.96. The van der Waals surface area contributed by atoms with E-state index >= 15 is 0 Å². The maximum atomic E-state index is 5.90. The van der Waals surface area contributed by atoms with Crippen molar-refractivity contribution in [2.75, 3.05) is 5.43 Å². The van der Waals surface area contributed by atoms with Crippen LogP contribution in [-0.4, -0.2) is 16.1 Å². The first-order valence-corrected chi connectivity index (χ1v) is 6.29. The summed E-state index contributed by atoms with van der Waals surface area (Å²) >= 11 is 0. The Kier molecular flexibility index (Phi) is 2.63. The van der Waals surface area contributed by atoms with E-state index in [2.05, 4.69) is 15.4 Å². The molecule has 0 spiro atoms. The van der Waals surface area contributed by atoms with E-state index < -0.39 is 0 Å². The molecule has 0 amide bonds. The molecule has 3 N–H and O–H groups in total. The molecule has 0 radical (unpaired) electrons. The molecule has 3 rings (SSSR count). The lowest BCUT2D eigenvalue weighted by molar-refractivity contribution is 0.113. The minimum Gasteiger partial charge on any atom is -0.474 e. The minimum atomic E-state index is 0.335. The van der Waals surface area contributed by atoms with Gasteiger partial charge in [0, 0.05) is 5.92 Å². The zero-order valence-electron chi connectivity index (χ0n) is 10.1. The lowest BCUT2D eigenvalue weighted by Gasteiger charge is -2.26. The summed E-state index contributed by atoms with van der Waals surface area (Å²) in [5, 5.41) is 0. The highest BCUT2D eigenvalue weighted by Gasteiger charge is 2.29. The van der Waals surface area contributed by atoms with Crippen LogP contribution < -0.4 is 16.0 Å². The van der Waals surface area contributed by atoms with Gasteiger partial charge < -0.3 is 10.2 Å². The number of rotatable bonds is 4. The molecule has 92 valence electrons. The SMILES string of the molecule is Cc1c(NN)nc(C2CC2)nc1OC1CCC1. The molecule has 0 saturated heterocycles. The van der Waals surface area contributed by atoms with Crippen molar-refractivity contribution in [3.8, 4) is 5.88 Å². The number of ether oxygens (including phenoxy) is 1. The molecule has 1 aromatic heterocycles. The van der Waals surface area contributed by atoms with Gasteiger partial charge in [0.1, 0.15) is 17.7 Å². The highest BCUT2D eigenvalue weighted by atomic mass is 16.5. The summed E-state index contributed by atoms with van der Waals surface area (Å²) in [6.07, 6.45) is 6.21. The van der Waals surface area contributed by atoms with Gasteiger partial charge in [-0.1, -0.05) is 0 Å². The van der Waals surface area contributed by atoms with Gasteiger partial charge in [-0.3, -0.25) is 0 Å². The number of nitrogens with two attached hydrogens (primary N) is 1. The molecule has 2 fully saturated rings. The lowest BCUT2D eigenvalue weighted by Crippen LogP contribution is -2.26. The van der Waals surface area contributed by atoms with Crippen LogP contribution in [0.4, 0.5) is 5.82 Å². The summed E-state index contributed by atoms with van der Waals surface area (Å²) in [5.41, 5.74) is 3.54. The van der Waals surface area contributed by atoms with Crippen LogP contribution in [0, 0.1) is 6.92 Å². The molecule has 2 saturated carbocycles. The predicted molar refractivity (Wildman–Crippen MR) is 64.8 cm³/mol. The number of nitrogens with zero attached hydrogens (tertiary/aromatic N) is 2. The Morgan fingerprint density at radius 2 is 2.00 bits per heavy atom. The molecule has 0 bridgehead atoms. The number of nitrogen functional groups attached to an aromatic ring is 1. The van der Waals surface area contributed by atoms with Crippen LogP contribution in [0.25, 0.3) is 0 Å². The van der Waals surface area contributed by atoms with Crippen LogP contribution in [-0.2, 0) is 0 Å². The van der Waals surface area contributed by atoms with E-state index in [0.29, 0.717) is 23.7 Å². The Hall–Kier alpha value is -1.36. The van der Waals surface area contributed by atoms with Gasteiger partial charge in [-0.2, -0.15) is 4.98 Å². The van der Waals surface area contributed by atoms with E-state index in [1.54, 1.807) is 0 Å². The Morgan fingerprint density at radius 1 is 1.24 bits per heavy atom. The van der Waals surface area contributed by atoms with Crippen LogP contribution >= 0.6 is 0 Å². The zero-order chi connectivity index (χ0) is 11.8. The van der Waals surface area contributed by atoms with Crippen molar-refractivity contribution in [3.05, 3.63) is 11.4 Å². The largest absolute Gasteiger partial charge is 0.474 e. The Morgan fingerprint density at radius 3 is 2.53 bits per heavy atom. The van der Waals surface area contributed by atoms with Crippen molar-refractivity contribution in [2.45, 2.75) is 51.0 Å². The van der Waals surface area contributed by atoms with Crippen LogP contribution in [0.2, 0.25) is 0 Å². The van der Waals surface area contributed by atoms with E-state index in [9.17, 15) is 0 Å². The van der Waals surface area contributed by atoms with Gasteiger partial charge in [0.25, 0.3) is 0 Å². The van der Waals surface area contributed by atoms with Gasteiger partial charge in [-0.25, -0.2) is 10.8 Å². The van der Waals surface area contributed by atoms with E-state index in [-0.39, 0.29) is 0 Å². The third kappa shape index (κ3) is 2.07. The average Bonchev–Trinajstić information content (AvgIpc) is 3.09. The van der Waals surface area contributed by atoms with Crippen molar-refractivity contribution in [3.63, 3.8) is 0 Å². The fourth-order valence-electron chi connectivity index (χ4n) is 1.94. The monoisotopic (exact) mass is 234 g/mol. The fourth-order valence-corrected chi connectivity index (χ4v) is 1.94. The molecule has 0 atom stereocenters. The van der Waals surface area contributed by atoms with Crippen LogP contribution in [0.3, 0.4) is 0 Å². The molecule has 0 aliphatic heterocycles. The van der Waals surface area contributed by atoms with Crippen molar-refractivity contribution in [2.24, 2.45) is 5.84 Å². The van der Waals surface area contributed by atoms with E-state index in [0.717, 1.165) is 24.2 Å². The summed E-state index contributed by atoms with van der Waals surface area (Å²) in [4.78, 5) is 8.97. The van der Waals surface area contributed by atoms with Crippen LogP contribution in [0.5, 0.6) is 5.88 Å². The predicted octanol–water partition coefficient (Wildman–Crippen LogP) is 1.88. The molecular formula is C12H18N4O. The minimum absolute atomic E-state index is 0.335. The second-order valence-electron chi connectivity index (χ2n) is 4.95. The van der Waals surface area contributed by atoms with Gasteiger partial charge in [0.2, 0.25) is 5.88 Å². The highest BCUT2D eigenvalue weighted by Crippen LogP contribution is 2.40. The molecule has 2 aliphatic rings. The number of hydrazine groups is 1. The number of hydrogen-bond donors (Lipinski definition) is 2. The normalized spacial score (nSPS) is 19.9. The molecule has 0 aromatic carbocycles. The molecule has 0 unspecified atom stereocenters. The quantitative estimate of drug-likeness (QED) is 0.614. The molecule has 1 heterocycles. The third-order valence-electron chi connectivity index (χ3n) is 3.53. The van der Waals surface area contributed by atoms with Gasteiger partial charge in [0.15, 0.2) is 0 Å². The third-order valence-corrected chi connectivity index (χ3v) is 3.53. The first kappa shape index (κ1) is 10.8. The number of anilines is 1. The average molecular weight is 234 g/mol. The van der Waals surface area contributed by atoms with E-state index in [1.807, 2.05) is 6.92 Å². The summed E-state index contributed by atoms with van der Waals surface area (Å²) in [6.45, 7) is 1.94. The smallest absolute Gasteiger partial charge is 0.222 e. The molecule has 5 heteroatoms. The first-order valence-electron chi connectivity index (χ1n) is 6.29. The Labute approximate surface area is 101 Å². The van der Waals surface area contributed by atoms with Crippen LogP contribution in [0.1, 0.15) is 49.4 Å². The molecule has 2 aliphatic carbocycles. The van der Waals surface area contributed by atoms with Crippen molar-refractivity contribution < 1.29 is 4.74 Å². The molecular weight excluding hydrogens is 216 g/mol. The highest BCUT2D eigenvalue weighted by molar-refractivity contribution is 5.48. The van der Waals surface area contributed by atoms with Gasteiger partial charge in [-0.15, -0.1) is 0 Å². The van der Waals surface area contributed by atoms with Gasteiger partial charge >= 0.3 is 0 Å². The van der Waals surface area contributed by atoms with E-state index in [1.165, 1.54) is 19.3 Å². The first-order chi connectivity index (χ1) is 8.28. The van der Waals surface area contributed by atoms with Gasteiger partial charge in [-0.05, 0) is 39.0 Å². The maximum absolute atomic E-state index is 5.90. The second-order valence-corrected chi connectivity index (χ2v) is 4.95. The van der Waals surface area contributed by atoms with Gasteiger partial charge in [0.05, 0.1) is 5.56 Å². The number of hydrogen-bond acceptors (Lipinski definition) is 5. The zero-order valence-corrected chi connectivity index (χ0v) is 10.1. The van der Waals surface area contributed by atoms with Crippen molar-refractivity contribution >= 4 is 5.82 Å². The molecule has 17 heavy (non-hydrogen) atoms.